The number of hydrogen-bond acceptors (Lipinski definition) is 3. The molecule has 7 heteroatoms. The largest absolute Gasteiger partial charge is 0.352 e. The van der Waals surface area contributed by atoms with Crippen LogP contribution in [-0.2, 0) is 17.8 Å². The van der Waals surface area contributed by atoms with E-state index in [0.29, 0.717) is 30.6 Å². The van der Waals surface area contributed by atoms with E-state index in [1.54, 1.807) is 12.1 Å². The van der Waals surface area contributed by atoms with E-state index < -0.39 is 23.4 Å². The van der Waals surface area contributed by atoms with E-state index in [2.05, 4.69) is 16.0 Å². The van der Waals surface area contributed by atoms with Crippen molar-refractivity contribution in [2.75, 3.05) is 18.4 Å². The summed E-state index contributed by atoms with van der Waals surface area (Å²) in [5, 5.41) is 8.29. The monoisotopic (exact) mass is 359 g/mol. The summed E-state index contributed by atoms with van der Waals surface area (Å²) in [4.78, 5) is 23.9. The molecule has 1 aliphatic heterocycles. The number of benzene rings is 2. The molecule has 0 saturated carbocycles. The molecule has 0 unspecified atom stereocenters. The number of rotatable bonds is 5. The maximum Gasteiger partial charge on any atom is 0.251 e. The summed E-state index contributed by atoms with van der Waals surface area (Å²) in [5.41, 5.74) is 1.99. The van der Waals surface area contributed by atoms with Crippen molar-refractivity contribution in [3.05, 3.63) is 64.7 Å². The fourth-order valence-electron chi connectivity index (χ4n) is 2.84. The molecule has 2 amide bonds. The van der Waals surface area contributed by atoms with Gasteiger partial charge in [-0.15, -0.1) is 0 Å². The first kappa shape index (κ1) is 18.0. The Bertz CT molecular complexity index is 822. The molecular formula is C19H19F2N3O2. The fraction of sp³-hybridized carbons (Fsp3) is 0.263. The molecule has 0 saturated heterocycles. The van der Waals surface area contributed by atoms with Crippen molar-refractivity contribution in [2.24, 2.45) is 0 Å². The lowest BCUT2D eigenvalue weighted by Crippen LogP contribution is -2.28. The van der Waals surface area contributed by atoms with Crippen LogP contribution in [0.25, 0.3) is 0 Å². The lowest BCUT2D eigenvalue weighted by Gasteiger charge is -2.19. The van der Waals surface area contributed by atoms with E-state index in [1.165, 1.54) is 24.3 Å². The van der Waals surface area contributed by atoms with Crippen LogP contribution in [0.1, 0.15) is 27.9 Å². The Morgan fingerprint density at radius 3 is 2.62 bits per heavy atom. The van der Waals surface area contributed by atoms with Crippen LogP contribution in [0.3, 0.4) is 0 Å². The molecule has 0 fully saturated rings. The van der Waals surface area contributed by atoms with Gasteiger partial charge < -0.3 is 16.0 Å². The quantitative estimate of drug-likeness (QED) is 0.768. The van der Waals surface area contributed by atoms with Crippen LogP contribution in [0.15, 0.2) is 36.4 Å². The maximum atomic E-state index is 14.5. The van der Waals surface area contributed by atoms with Crippen molar-refractivity contribution in [3.8, 4) is 0 Å². The van der Waals surface area contributed by atoms with Gasteiger partial charge in [-0.1, -0.05) is 6.07 Å². The smallest absolute Gasteiger partial charge is 0.251 e. The Labute approximate surface area is 149 Å². The van der Waals surface area contributed by atoms with E-state index in [4.69, 9.17) is 0 Å². The maximum absolute atomic E-state index is 14.5. The lowest BCUT2D eigenvalue weighted by molar-refractivity contribution is -0.116. The molecule has 2 aromatic carbocycles. The third kappa shape index (κ3) is 4.23. The SMILES string of the molecule is O=C(CCNC(=O)c1ccc(F)cc1)Nc1ccc2c(c1F)CCNC2. The van der Waals surface area contributed by atoms with Crippen molar-refractivity contribution in [2.45, 2.75) is 19.4 Å². The molecule has 1 heterocycles. The number of fused-ring (bicyclic) bond motifs is 1. The minimum atomic E-state index is -0.427. The average Bonchev–Trinajstić information content (AvgIpc) is 2.65. The van der Waals surface area contributed by atoms with E-state index in [-0.39, 0.29) is 18.7 Å². The summed E-state index contributed by atoms with van der Waals surface area (Å²) in [6.45, 7) is 1.42. The van der Waals surface area contributed by atoms with Crippen molar-refractivity contribution < 1.29 is 18.4 Å². The summed E-state index contributed by atoms with van der Waals surface area (Å²) >= 11 is 0. The third-order valence-electron chi connectivity index (χ3n) is 4.23. The van der Waals surface area contributed by atoms with Crippen LogP contribution in [-0.4, -0.2) is 24.9 Å². The third-order valence-corrected chi connectivity index (χ3v) is 4.23. The number of carbonyl (C=O) groups excluding carboxylic acids is 2. The second kappa shape index (κ2) is 8.05. The Morgan fingerprint density at radius 2 is 1.85 bits per heavy atom. The van der Waals surface area contributed by atoms with Gasteiger partial charge in [-0.05, 0) is 54.4 Å². The van der Waals surface area contributed by atoms with Crippen molar-refractivity contribution in [1.82, 2.24) is 10.6 Å². The number of anilines is 1. The zero-order valence-corrected chi connectivity index (χ0v) is 14.1. The molecule has 3 N–H and O–H groups in total. The van der Waals surface area contributed by atoms with Gasteiger partial charge in [0, 0.05) is 25.1 Å². The van der Waals surface area contributed by atoms with E-state index in [0.717, 1.165) is 5.56 Å². The highest BCUT2D eigenvalue weighted by Gasteiger charge is 2.17. The number of hydrogen-bond donors (Lipinski definition) is 3. The van der Waals surface area contributed by atoms with Crippen molar-refractivity contribution in [3.63, 3.8) is 0 Å². The molecule has 0 aliphatic carbocycles. The first-order valence-corrected chi connectivity index (χ1v) is 8.39. The second-order valence-corrected chi connectivity index (χ2v) is 6.05. The molecule has 26 heavy (non-hydrogen) atoms. The molecule has 0 bridgehead atoms. The topological polar surface area (TPSA) is 70.2 Å². The summed E-state index contributed by atoms with van der Waals surface area (Å²) in [6, 6.07) is 8.46. The second-order valence-electron chi connectivity index (χ2n) is 6.05. The lowest BCUT2D eigenvalue weighted by atomic mass is 9.99. The number of carbonyl (C=O) groups is 2. The van der Waals surface area contributed by atoms with Crippen LogP contribution in [0.2, 0.25) is 0 Å². The van der Waals surface area contributed by atoms with Crippen LogP contribution in [0.5, 0.6) is 0 Å². The number of nitrogens with one attached hydrogen (secondary N) is 3. The number of amides is 2. The van der Waals surface area contributed by atoms with Gasteiger partial charge in [0.1, 0.15) is 11.6 Å². The Hall–Kier alpha value is -2.80. The van der Waals surface area contributed by atoms with Gasteiger partial charge >= 0.3 is 0 Å². The van der Waals surface area contributed by atoms with E-state index >= 15 is 0 Å². The average molecular weight is 359 g/mol. The molecular weight excluding hydrogens is 340 g/mol. The Balaban J connectivity index is 1.51. The van der Waals surface area contributed by atoms with Crippen molar-refractivity contribution >= 4 is 17.5 Å². The predicted molar refractivity (Wildman–Crippen MR) is 93.8 cm³/mol. The minimum Gasteiger partial charge on any atom is -0.352 e. The Kier molecular flexibility index (Phi) is 5.58. The van der Waals surface area contributed by atoms with Gasteiger partial charge in [0.15, 0.2) is 0 Å². The summed E-state index contributed by atoms with van der Waals surface area (Å²) < 4.78 is 27.3. The van der Waals surface area contributed by atoms with Crippen LogP contribution >= 0.6 is 0 Å². The molecule has 3 rings (SSSR count). The fourth-order valence-corrected chi connectivity index (χ4v) is 2.84. The van der Waals surface area contributed by atoms with E-state index in [9.17, 15) is 18.4 Å². The molecule has 136 valence electrons. The normalized spacial score (nSPS) is 13.0. The molecule has 0 spiro atoms. The first-order valence-electron chi connectivity index (χ1n) is 8.39. The molecule has 2 aromatic rings. The van der Waals surface area contributed by atoms with Gasteiger partial charge in [-0.2, -0.15) is 0 Å². The van der Waals surface area contributed by atoms with Crippen LogP contribution < -0.4 is 16.0 Å². The first-order chi connectivity index (χ1) is 12.5. The number of halogens is 2. The zero-order valence-electron chi connectivity index (χ0n) is 14.1. The highest BCUT2D eigenvalue weighted by Crippen LogP contribution is 2.24. The van der Waals surface area contributed by atoms with Crippen molar-refractivity contribution in [1.29, 1.82) is 0 Å². The molecule has 0 aromatic heterocycles. The summed E-state index contributed by atoms with van der Waals surface area (Å²) in [6.07, 6.45) is 0.587. The van der Waals surface area contributed by atoms with Gasteiger partial charge in [0.05, 0.1) is 5.69 Å². The molecule has 5 nitrogen and oxygen atoms in total. The van der Waals surface area contributed by atoms with Gasteiger partial charge in [-0.25, -0.2) is 8.78 Å². The van der Waals surface area contributed by atoms with Gasteiger partial charge in [-0.3, -0.25) is 9.59 Å². The zero-order chi connectivity index (χ0) is 18.5. The van der Waals surface area contributed by atoms with Crippen LogP contribution in [0, 0.1) is 11.6 Å². The highest BCUT2D eigenvalue weighted by atomic mass is 19.1. The van der Waals surface area contributed by atoms with Gasteiger partial charge in [0.2, 0.25) is 5.91 Å². The summed E-state index contributed by atoms with van der Waals surface area (Å²) in [7, 11) is 0. The Morgan fingerprint density at radius 1 is 1.08 bits per heavy atom. The minimum absolute atomic E-state index is 0.00498. The standard InChI is InChI=1S/C19H19F2N3O2/c20-14-4-1-12(2-5-14)19(26)23-10-8-17(25)24-16-6-3-13-11-22-9-7-15(13)18(16)21/h1-6,22H,7-11H2,(H,23,26)(H,24,25). The molecule has 1 aliphatic rings. The van der Waals surface area contributed by atoms with Crippen LogP contribution in [0.4, 0.5) is 14.5 Å². The van der Waals surface area contributed by atoms with E-state index in [1.807, 2.05) is 0 Å². The molecule has 0 radical (unpaired) electrons. The molecule has 0 atom stereocenters. The summed E-state index contributed by atoms with van der Waals surface area (Å²) in [5.74, 6) is -1.61. The van der Waals surface area contributed by atoms with Gasteiger partial charge in [0.25, 0.3) is 5.91 Å². The highest BCUT2D eigenvalue weighted by molar-refractivity contribution is 5.95. The predicted octanol–water partition coefficient (Wildman–Crippen LogP) is 2.37.